The predicted octanol–water partition coefficient (Wildman–Crippen LogP) is 5.11. The number of nitrogens with one attached hydrogen (secondary N) is 2. The summed E-state index contributed by atoms with van der Waals surface area (Å²) in [6.45, 7) is 12.8. The lowest BCUT2D eigenvalue weighted by Crippen LogP contribution is -2.13. The van der Waals surface area contributed by atoms with Crippen molar-refractivity contribution in [3.05, 3.63) is 30.0 Å². The maximum atomic E-state index is 4.78. The molecule has 0 aliphatic rings. The van der Waals surface area contributed by atoms with Crippen LogP contribution >= 0.6 is 0 Å². The van der Waals surface area contributed by atoms with Gasteiger partial charge in [-0.25, -0.2) is 19.9 Å². The maximum Gasteiger partial charge on any atom is 0.177 e. The Labute approximate surface area is 160 Å². The van der Waals surface area contributed by atoms with E-state index in [1.807, 2.05) is 37.5 Å². The van der Waals surface area contributed by atoms with Crippen LogP contribution in [-0.4, -0.2) is 33.2 Å². The van der Waals surface area contributed by atoms with E-state index in [-0.39, 0.29) is 10.8 Å². The summed E-state index contributed by atoms with van der Waals surface area (Å²) in [4.78, 5) is 22.0. The Hall–Kier alpha value is -2.76. The zero-order valence-corrected chi connectivity index (χ0v) is 17.2. The van der Waals surface area contributed by atoms with Crippen molar-refractivity contribution in [1.82, 2.24) is 19.9 Å². The number of hydrogen-bond acceptors (Lipinski definition) is 5. The molecule has 142 valence electrons. The van der Waals surface area contributed by atoms with E-state index in [1.54, 1.807) is 0 Å². The first-order valence-corrected chi connectivity index (χ1v) is 9.18. The van der Waals surface area contributed by atoms with E-state index in [1.165, 1.54) is 0 Å². The van der Waals surface area contributed by atoms with Gasteiger partial charge in [-0.15, -0.1) is 0 Å². The fourth-order valence-electron chi connectivity index (χ4n) is 2.57. The fraction of sp³-hybridized carbons (Fsp3) is 0.429. The Bertz CT molecular complexity index is 986. The first kappa shape index (κ1) is 19.0. The van der Waals surface area contributed by atoms with Gasteiger partial charge in [0.1, 0.15) is 11.2 Å². The zero-order valence-electron chi connectivity index (χ0n) is 17.2. The highest BCUT2D eigenvalue weighted by Crippen LogP contribution is 2.29. The number of hydrogen-bond donors (Lipinski definition) is 2. The minimum atomic E-state index is -0.0194. The van der Waals surface area contributed by atoms with Gasteiger partial charge < -0.3 is 10.3 Å². The molecule has 0 saturated heterocycles. The highest BCUT2D eigenvalue weighted by Gasteiger charge is 2.17. The summed E-state index contributed by atoms with van der Waals surface area (Å²) in [5.41, 5.74) is 4.13. The third-order valence-corrected chi connectivity index (χ3v) is 4.05. The third-order valence-electron chi connectivity index (χ3n) is 4.05. The van der Waals surface area contributed by atoms with E-state index in [9.17, 15) is 0 Å². The smallest absolute Gasteiger partial charge is 0.177 e. The lowest BCUT2D eigenvalue weighted by atomic mass is 9.91. The van der Waals surface area contributed by atoms with Gasteiger partial charge >= 0.3 is 0 Å². The Balaban J connectivity index is 2.07. The Morgan fingerprint density at radius 1 is 1.04 bits per heavy atom. The summed E-state index contributed by atoms with van der Waals surface area (Å²) < 4.78 is 0. The summed E-state index contributed by atoms with van der Waals surface area (Å²) in [6.07, 6.45) is 1.91. The molecule has 6 nitrogen and oxygen atoms in total. The van der Waals surface area contributed by atoms with E-state index in [0.29, 0.717) is 17.3 Å². The number of pyridine rings is 2. The van der Waals surface area contributed by atoms with Gasteiger partial charge in [0.2, 0.25) is 0 Å². The number of aromatic amines is 1. The summed E-state index contributed by atoms with van der Waals surface area (Å²) in [7, 11) is 1.86. The van der Waals surface area contributed by atoms with E-state index in [0.717, 1.165) is 22.6 Å². The number of aliphatic imine (C=N–C) groups is 1. The van der Waals surface area contributed by atoms with E-state index >= 15 is 0 Å². The van der Waals surface area contributed by atoms with Crippen LogP contribution in [0.2, 0.25) is 0 Å². The largest absolute Gasteiger partial charge is 0.385 e. The van der Waals surface area contributed by atoms with Crippen LogP contribution in [0.4, 0.5) is 11.5 Å². The van der Waals surface area contributed by atoms with Crippen molar-refractivity contribution in [3.8, 4) is 11.5 Å². The molecule has 0 unspecified atom stereocenters. The van der Waals surface area contributed by atoms with Crippen LogP contribution in [0.5, 0.6) is 0 Å². The minimum Gasteiger partial charge on any atom is -0.385 e. The molecule has 3 heterocycles. The van der Waals surface area contributed by atoms with E-state index in [4.69, 9.17) is 9.97 Å². The molecule has 3 rings (SSSR count). The van der Waals surface area contributed by atoms with E-state index in [2.05, 4.69) is 61.8 Å². The number of nitrogens with zero attached hydrogens (tertiary/aromatic N) is 4. The number of imidazole rings is 1. The highest BCUT2D eigenvalue weighted by atomic mass is 15.1. The van der Waals surface area contributed by atoms with Crippen LogP contribution in [0, 0.1) is 5.41 Å². The molecule has 0 aliphatic heterocycles. The van der Waals surface area contributed by atoms with Crippen LogP contribution in [0.15, 0.2) is 29.3 Å². The number of anilines is 1. The van der Waals surface area contributed by atoms with Gasteiger partial charge in [-0.2, -0.15) is 0 Å². The SMILES string of the molecule is CNc1cc2nc(-c3cccc(C(C)(C)C)n3)[nH]c2nc1/N=C/C(C)(C)C. The first-order chi connectivity index (χ1) is 12.6. The topological polar surface area (TPSA) is 78.9 Å². The van der Waals surface area contributed by atoms with Gasteiger partial charge in [-0.1, -0.05) is 47.6 Å². The lowest BCUT2D eigenvalue weighted by Gasteiger charge is -2.17. The maximum absolute atomic E-state index is 4.78. The van der Waals surface area contributed by atoms with Crippen LogP contribution in [0.1, 0.15) is 47.2 Å². The molecule has 0 spiro atoms. The average Bonchev–Trinajstić information content (AvgIpc) is 3.00. The van der Waals surface area contributed by atoms with Gasteiger partial charge in [-0.3, -0.25) is 0 Å². The fourth-order valence-corrected chi connectivity index (χ4v) is 2.57. The minimum absolute atomic E-state index is 0.0158. The molecule has 6 heteroatoms. The van der Waals surface area contributed by atoms with Crippen molar-refractivity contribution in [2.75, 3.05) is 12.4 Å². The number of rotatable bonds is 3. The second kappa shape index (κ2) is 6.76. The van der Waals surface area contributed by atoms with Crippen molar-refractivity contribution < 1.29 is 0 Å². The van der Waals surface area contributed by atoms with Crippen LogP contribution < -0.4 is 5.32 Å². The Morgan fingerprint density at radius 2 is 1.78 bits per heavy atom. The first-order valence-electron chi connectivity index (χ1n) is 9.18. The van der Waals surface area contributed by atoms with Crippen molar-refractivity contribution in [3.63, 3.8) is 0 Å². The molecule has 0 fully saturated rings. The lowest BCUT2D eigenvalue weighted by molar-refractivity contribution is 0.569. The second-order valence-corrected chi connectivity index (χ2v) is 8.84. The summed E-state index contributed by atoms with van der Waals surface area (Å²) in [5, 5.41) is 3.16. The molecule has 0 bridgehead atoms. The number of aromatic nitrogens is 4. The van der Waals surface area contributed by atoms with Crippen LogP contribution in [-0.2, 0) is 5.41 Å². The predicted molar refractivity (Wildman–Crippen MR) is 113 cm³/mol. The zero-order chi connectivity index (χ0) is 19.8. The summed E-state index contributed by atoms with van der Waals surface area (Å²) >= 11 is 0. The monoisotopic (exact) mass is 364 g/mol. The third kappa shape index (κ3) is 4.32. The molecule has 0 aliphatic carbocycles. The molecule has 0 atom stereocenters. The van der Waals surface area contributed by atoms with Gasteiger partial charge in [0, 0.05) is 24.4 Å². The normalized spacial score (nSPS) is 12.9. The number of H-pyrrole nitrogens is 1. The summed E-state index contributed by atoms with van der Waals surface area (Å²) in [5.74, 6) is 1.36. The molecular weight excluding hydrogens is 336 g/mol. The molecule has 2 N–H and O–H groups in total. The molecule has 0 aromatic carbocycles. The van der Waals surface area contributed by atoms with Gasteiger partial charge in [-0.05, 0) is 23.6 Å². The Kier molecular flexibility index (Phi) is 4.76. The molecule has 0 radical (unpaired) electrons. The quantitative estimate of drug-likeness (QED) is 0.633. The average molecular weight is 364 g/mol. The van der Waals surface area contributed by atoms with Gasteiger partial charge in [0.15, 0.2) is 17.3 Å². The van der Waals surface area contributed by atoms with E-state index < -0.39 is 0 Å². The molecular formula is C21H28N6. The summed E-state index contributed by atoms with van der Waals surface area (Å²) in [6, 6.07) is 7.99. The molecule has 0 amide bonds. The molecule has 3 aromatic rings. The molecule has 0 saturated carbocycles. The Morgan fingerprint density at radius 3 is 2.41 bits per heavy atom. The highest BCUT2D eigenvalue weighted by molar-refractivity contribution is 5.84. The standard InChI is InChI=1S/C21H28N6/c1-20(2,3)12-23-17-14(22-7)11-15-19(26-17)27-18(25-15)13-9-8-10-16(24-13)21(4,5)6/h8-12,22H,1-7H3,(H,25,26,27)/b23-12+. The van der Waals surface area contributed by atoms with Crippen LogP contribution in [0.25, 0.3) is 22.7 Å². The van der Waals surface area contributed by atoms with Crippen molar-refractivity contribution in [2.45, 2.75) is 47.0 Å². The molecule has 3 aromatic heterocycles. The van der Waals surface area contributed by atoms with Crippen molar-refractivity contribution in [2.24, 2.45) is 10.4 Å². The van der Waals surface area contributed by atoms with Gasteiger partial charge in [0.05, 0.1) is 5.69 Å². The molecule has 27 heavy (non-hydrogen) atoms. The second-order valence-electron chi connectivity index (χ2n) is 8.84. The van der Waals surface area contributed by atoms with Crippen LogP contribution in [0.3, 0.4) is 0 Å². The number of fused-ring (bicyclic) bond motifs is 1. The van der Waals surface area contributed by atoms with Crippen molar-refractivity contribution in [1.29, 1.82) is 0 Å². The van der Waals surface area contributed by atoms with Gasteiger partial charge in [0.25, 0.3) is 0 Å². The van der Waals surface area contributed by atoms with Crippen molar-refractivity contribution >= 4 is 28.9 Å².